The lowest BCUT2D eigenvalue weighted by Gasteiger charge is -2.18. The molecule has 1 saturated heterocycles. The van der Waals surface area contributed by atoms with E-state index in [0.717, 1.165) is 0 Å². The summed E-state index contributed by atoms with van der Waals surface area (Å²) in [4.78, 5) is 24.8. The Morgan fingerprint density at radius 2 is 2.00 bits per heavy atom. The quantitative estimate of drug-likeness (QED) is 0.839. The van der Waals surface area contributed by atoms with Gasteiger partial charge in [0.2, 0.25) is 15.9 Å². The lowest BCUT2D eigenvalue weighted by molar-refractivity contribution is -0.119. The van der Waals surface area contributed by atoms with Crippen LogP contribution in [0.25, 0.3) is 0 Å². The second-order valence-electron chi connectivity index (χ2n) is 6.13. The number of ether oxygens (including phenoxy) is 1. The molecule has 0 aromatic heterocycles. The first-order valence-electron chi connectivity index (χ1n) is 8.05. The summed E-state index contributed by atoms with van der Waals surface area (Å²) >= 11 is 6.11. The zero-order valence-electron chi connectivity index (χ0n) is 14.6. The summed E-state index contributed by atoms with van der Waals surface area (Å²) in [7, 11) is -2.31. The van der Waals surface area contributed by atoms with Crippen LogP contribution in [0.1, 0.15) is 17.3 Å². The number of hydrogen-bond acceptors (Lipinski definition) is 5. The number of rotatable bonds is 4. The Morgan fingerprint density at radius 1 is 1.26 bits per heavy atom. The molecular formula is C18H17ClN2O5S. The highest BCUT2D eigenvalue weighted by Gasteiger charge is 2.43. The molecule has 27 heavy (non-hydrogen) atoms. The largest absolute Gasteiger partial charge is 0.497 e. The molecule has 7 nitrogen and oxygen atoms in total. The summed E-state index contributed by atoms with van der Waals surface area (Å²) < 4.78 is 30.4. The van der Waals surface area contributed by atoms with E-state index in [1.165, 1.54) is 32.2 Å². The number of hydrogen-bond donors (Lipinski definition) is 1. The van der Waals surface area contributed by atoms with Gasteiger partial charge in [0.25, 0.3) is 5.91 Å². The van der Waals surface area contributed by atoms with E-state index < -0.39 is 27.8 Å². The van der Waals surface area contributed by atoms with Gasteiger partial charge in [-0.05, 0) is 30.3 Å². The minimum absolute atomic E-state index is 0.0238. The standard InChI is InChI=1S/C18H17ClN2O5S/c1-11-10-27(24,25)21(18(11)23)16-8-12(6-7-15(16)19)17(22)20-13-4-3-5-14(9-13)26-2/h3-9,11H,10H2,1-2H3,(H,20,22). The summed E-state index contributed by atoms with van der Waals surface area (Å²) in [5.41, 5.74) is 0.651. The van der Waals surface area contributed by atoms with Gasteiger partial charge in [-0.2, -0.15) is 0 Å². The van der Waals surface area contributed by atoms with Crippen LogP contribution in [-0.2, 0) is 14.8 Å². The molecule has 1 unspecified atom stereocenters. The number of nitrogens with one attached hydrogen (secondary N) is 1. The first-order valence-corrected chi connectivity index (χ1v) is 10.0. The highest BCUT2D eigenvalue weighted by atomic mass is 35.5. The Morgan fingerprint density at radius 3 is 2.63 bits per heavy atom. The monoisotopic (exact) mass is 408 g/mol. The zero-order valence-corrected chi connectivity index (χ0v) is 16.2. The van der Waals surface area contributed by atoms with Crippen molar-refractivity contribution in [3.63, 3.8) is 0 Å². The molecule has 2 aromatic carbocycles. The molecule has 0 aliphatic carbocycles. The fraction of sp³-hybridized carbons (Fsp3) is 0.222. The molecule has 1 atom stereocenters. The Labute approximate surface area is 161 Å². The molecule has 1 heterocycles. The maximum atomic E-state index is 12.6. The van der Waals surface area contributed by atoms with E-state index in [4.69, 9.17) is 16.3 Å². The Hall–Kier alpha value is -2.58. The first-order chi connectivity index (χ1) is 12.7. The topological polar surface area (TPSA) is 92.8 Å². The maximum Gasteiger partial charge on any atom is 0.255 e. The lowest BCUT2D eigenvalue weighted by Crippen LogP contribution is -2.30. The molecule has 142 valence electrons. The van der Waals surface area contributed by atoms with Crippen molar-refractivity contribution in [2.45, 2.75) is 6.92 Å². The average molecular weight is 409 g/mol. The number of benzene rings is 2. The van der Waals surface area contributed by atoms with E-state index in [1.54, 1.807) is 24.3 Å². The molecule has 1 N–H and O–H groups in total. The minimum Gasteiger partial charge on any atom is -0.497 e. The van der Waals surface area contributed by atoms with Gasteiger partial charge in [0.05, 0.1) is 29.5 Å². The van der Waals surface area contributed by atoms with Crippen LogP contribution in [-0.4, -0.2) is 33.1 Å². The predicted molar refractivity (Wildman–Crippen MR) is 103 cm³/mol. The van der Waals surface area contributed by atoms with Crippen LogP contribution >= 0.6 is 11.6 Å². The van der Waals surface area contributed by atoms with Crippen molar-refractivity contribution in [1.82, 2.24) is 0 Å². The molecule has 1 aliphatic heterocycles. The second kappa shape index (κ2) is 7.21. The zero-order chi connectivity index (χ0) is 19.8. The molecule has 3 rings (SSSR count). The second-order valence-corrected chi connectivity index (χ2v) is 8.40. The number of methoxy groups -OCH3 is 1. The minimum atomic E-state index is -3.82. The van der Waals surface area contributed by atoms with Gasteiger partial charge in [-0.3, -0.25) is 9.59 Å². The number of halogens is 1. The molecule has 0 bridgehead atoms. The third-order valence-electron chi connectivity index (χ3n) is 4.12. The van der Waals surface area contributed by atoms with Crippen LogP contribution in [0.4, 0.5) is 11.4 Å². The van der Waals surface area contributed by atoms with Gasteiger partial charge < -0.3 is 10.1 Å². The number of carbonyl (C=O) groups is 2. The Bertz CT molecular complexity index is 1020. The van der Waals surface area contributed by atoms with Crippen molar-refractivity contribution in [2.75, 3.05) is 22.5 Å². The summed E-state index contributed by atoms with van der Waals surface area (Å²) in [6.45, 7) is 1.53. The maximum absolute atomic E-state index is 12.6. The van der Waals surface area contributed by atoms with E-state index in [0.29, 0.717) is 15.7 Å². The van der Waals surface area contributed by atoms with Crippen molar-refractivity contribution in [2.24, 2.45) is 5.92 Å². The molecule has 0 radical (unpaired) electrons. The van der Waals surface area contributed by atoms with E-state index in [2.05, 4.69) is 5.32 Å². The summed E-state index contributed by atoms with van der Waals surface area (Å²) in [6.07, 6.45) is 0. The normalized spacial score (nSPS) is 18.4. The van der Waals surface area contributed by atoms with Gasteiger partial charge in [0, 0.05) is 17.3 Å². The number of carbonyl (C=O) groups excluding carboxylic acids is 2. The molecule has 1 aliphatic rings. The molecule has 9 heteroatoms. The number of sulfonamides is 1. The number of amides is 2. The summed E-state index contributed by atoms with van der Waals surface area (Å²) in [5, 5.41) is 2.76. The van der Waals surface area contributed by atoms with Gasteiger partial charge >= 0.3 is 0 Å². The first kappa shape index (κ1) is 19.2. The Balaban J connectivity index is 1.93. The van der Waals surface area contributed by atoms with Gasteiger partial charge in [-0.25, -0.2) is 12.7 Å². The van der Waals surface area contributed by atoms with Crippen LogP contribution in [0.15, 0.2) is 42.5 Å². The molecule has 0 spiro atoms. The lowest BCUT2D eigenvalue weighted by atomic mass is 10.1. The van der Waals surface area contributed by atoms with Crippen LogP contribution in [0.5, 0.6) is 5.75 Å². The van der Waals surface area contributed by atoms with Crippen molar-refractivity contribution < 1.29 is 22.7 Å². The van der Waals surface area contributed by atoms with E-state index in [1.807, 2.05) is 0 Å². The van der Waals surface area contributed by atoms with Crippen LogP contribution in [0.2, 0.25) is 5.02 Å². The van der Waals surface area contributed by atoms with E-state index in [9.17, 15) is 18.0 Å². The van der Waals surface area contributed by atoms with Gasteiger partial charge in [0.15, 0.2) is 0 Å². The van der Waals surface area contributed by atoms with Crippen LogP contribution in [0, 0.1) is 5.92 Å². The van der Waals surface area contributed by atoms with Gasteiger partial charge in [0.1, 0.15) is 5.75 Å². The highest BCUT2D eigenvalue weighted by molar-refractivity contribution is 7.94. The Kier molecular flexibility index (Phi) is 5.12. The van der Waals surface area contributed by atoms with Gasteiger partial charge in [-0.1, -0.05) is 24.6 Å². The SMILES string of the molecule is COc1cccc(NC(=O)c2ccc(Cl)c(N3C(=O)C(C)CS3(=O)=O)c2)c1. The van der Waals surface area contributed by atoms with Crippen LogP contribution < -0.4 is 14.4 Å². The summed E-state index contributed by atoms with van der Waals surface area (Å²) in [6, 6.07) is 10.9. The third kappa shape index (κ3) is 3.77. The fourth-order valence-electron chi connectivity index (χ4n) is 2.78. The van der Waals surface area contributed by atoms with Crippen LogP contribution in [0.3, 0.4) is 0 Å². The third-order valence-corrected chi connectivity index (χ3v) is 6.29. The van der Waals surface area contributed by atoms with E-state index >= 15 is 0 Å². The molecule has 0 saturated carbocycles. The smallest absolute Gasteiger partial charge is 0.255 e. The van der Waals surface area contributed by atoms with E-state index in [-0.39, 0.29) is 22.0 Å². The van der Waals surface area contributed by atoms with Crippen molar-refractivity contribution in [1.29, 1.82) is 0 Å². The van der Waals surface area contributed by atoms with Crippen molar-refractivity contribution >= 4 is 44.8 Å². The highest BCUT2D eigenvalue weighted by Crippen LogP contribution is 2.34. The van der Waals surface area contributed by atoms with Crippen molar-refractivity contribution in [3.8, 4) is 5.75 Å². The average Bonchev–Trinajstić information content (AvgIpc) is 2.83. The number of nitrogens with zero attached hydrogens (tertiary/aromatic N) is 1. The predicted octanol–water partition coefficient (Wildman–Crippen LogP) is 2.91. The molecular weight excluding hydrogens is 392 g/mol. The van der Waals surface area contributed by atoms with Crippen molar-refractivity contribution in [3.05, 3.63) is 53.1 Å². The van der Waals surface area contributed by atoms with Gasteiger partial charge in [-0.15, -0.1) is 0 Å². The number of anilines is 2. The molecule has 2 aromatic rings. The fourth-order valence-corrected chi connectivity index (χ4v) is 4.86. The summed E-state index contributed by atoms with van der Waals surface area (Å²) in [5.74, 6) is -1.42. The molecule has 1 fully saturated rings. The molecule has 2 amide bonds.